The Kier molecular flexibility index (Phi) is 3.55. The summed E-state index contributed by atoms with van der Waals surface area (Å²) in [6.07, 6.45) is 3.43. The third-order valence-electron chi connectivity index (χ3n) is 3.10. The summed E-state index contributed by atoms with van der Waals surface area (Å²) in [4.78, 5) is 0. The molecular formula is C13H23N3S. The molecular weight excluding hydrogens is 230 g/mol. The Morgan fingerprint density at radius 2 is 2.18 bits per heavy atom. The molecule has 3 nitrogen and oxygen atoms in total. The maximum absolute atomic E-state index is 4.65. The fraction of sp³-hybridized carbons (Fsp3) is 0.769. The normalized spacial score (nSPS) is 26.2. The third-order valence-corrected chi connectivity index (χ3v) is 4.49. The van der Waals surface area contributed by atoms with Gasteiger partial charge >= 0.3 is 0 Å². The Morgan fingerprint density at radius 1 is 1.47 bits per heavy atom. The lowest BCUT2D eigenvalue weighted by molar-refractivity contribution is 0.537. The average molecular weight is 253 g/mol. The molecule has 1 fully saturated rings. The summed E-state index contributed by atoms with van der Waals surface area (Å²) in [7, 11) is 2.01. The van der Waals surface area contributed by atoms with Crippen LogP contribution in [-0.4, -0.2) is 21.6 Å². The minimum absolute atomic E-state index is 0.111. The third kappa shape index (κ3) is 2.86. The second kappa shape index (κ2) is 4.65. The Hall–Kier alpha value is -0.480. The van der Waals surface area contributed by atoms with Gasteiger partial charge in [0.1, 0.15) is 0 Å². The summed E-state index contributed by atoms with van der Waals surface area (Å²) < 4.78 is 1.94. The minimum atomic E-state index is 0.111. The Morgan fingerprint density at radius 3 is 2.76 bits per heavy atom. The van der Waals surface area contributed by atoms with Crippen LogP contribution in [0, 0.1) is 0 Å². The lowest BCUT2D eigenvalue weighted by atomic mass is 9.89. The first kappa shape index (κ1) is 13.0. The van der Waals surface area contributed by atoms with Crippen LogP contribution >= 0.6 is 11.8 Å². The van der Waals surface area contributed by atoms with Gasteiger partial charge in [0.15, 0.2) is 0 Å². The van der Waals surface area contributed by atoms with Crippen molar-refractivity contribution in [2.45, 2.75) is 50.2 Å². The first-order valence-electron chi connectivity index (χ1n) is 6.31. The molecule has 2 atom stereocenters. The fourth-order valence-corrected chi connectivity index (χ4v) is 3.48. The molecule has 1 aromatic heterocycles. The molecule has 0 radical (unpaired) electrons. The average Bonchev–Trinajstić information content (AvgIpc) is 2.60. The monoisotopic (exact) mass is 253 g/mol. The van der Waals surface area contributed by atoms with Crippen molar-refractivity contribution < 1.29 is 0 Å². The van der Waals surface area contributed by atoms with Crippen LogP contribution < -0.4 is 5.32 Å². The van der Waals surface area contributed by atoms with Gasteiger partial charge in [-0.15, -0.1) is 11.8 Å². The highest BCUT2D eigenvalue weighted by atomic mass is 32.2. The molecule has 0 saturated carbocycles. The van der Waals surface area contributed by atoms with Gasteiger partial charge in [0, 0.05) is 29.5 Å². The zero-order valence-corrected chi connectivity index (χ0v) is 12.3. The van der Waals surface area contributed by atoms with Gasteiger partial charge in [-0.3, -0.25) is 4.68 Å². The molecule has 2 rings (SSSR count). The van der Waals surface area contributed by atoms with Gasteiger partial charge in [0.2, 0.25) is 0 Å². The molecule has 0 bridgehead atoms. The highest BCUT2D eigenvalue weighted by molar-refractivity contribution is 8.00. The van der Waals surface area contributed by atoms with Crippen LogP contribution in [-0.2, 0) is 12.5 Å². The van der Waals surface area contributed by atoms with E-state index >= 15 is 0 Å². The van der Waals surface area contributed by atoms with E-state index in [4.69, 9.17) is 0 Å². The molecule has 1 N–H and O–H groups in total. The molecule has 1 aromatic rings. The van der Waals surface area contributed by atoms with Crippen molar-refractivity contribution >= 4 is 11.8 Å². The molecule has 4 heteroatoms. The summed E-state index contributed by atoms with van der Waals surface area (Å²) in [6.45, 7) is 10.1. The first-order valence-corrected chi connectivity index (χ1v) is 7.25. The molecule has 1 saturated heterocycles. The maximum atomic E-state index is 4.65. The predicted molar refractivity (Wildman–Crippen MR) is 74.3 cm³/mol. The van der Waals surface area contributed by atoms with Crippen molar-refractivity contribution in [2.24, 2.45) is 7.05 Å². The van der Waals surface area contributed by atoms with Crippen molar-refractivity contribution in [3.63, 3.8) is 0 Å². The Labute approximate surface area is 108 Å². The number of aryl methyl sites for hydroxylation is 1. The van der Waals surface area contributed by atoms with E-state index in [1.54, 1.807) is 0 Å². The smallest absolute Gasteiger partial charge is 0.0825 e. The van der Waals surface area contributed by atoms with E-state index < -0.39 is 0 Å². The van der Waals surface area contributed by atoms with Crippen LogP contribution in [0.2, 0.25) is 0 Å². The van der Waals surface area contributed by atoms with E-state index in [9.17, 15) is 0 Å². The molecule has 0 aromatic carbocycles. The number of thioether (sulfide) groups is 1. The molecule has 0 amide bonds. The fourth-order valence-electron chi connectivity index (χ4n) is 2.23. The summed E-state index contributed by atoms with van der Waals surface area (Å²) in [5.74, 6) is 0. The van der Waals surface area contributed by atoms with E-state index in [0.717, 1.165) is 11.8 Å². The van der Waals surface area contributed by atoms with Crippen molar-refractivity contribution in [1.82, 2.24) is 15.1 Å². The highest BCUT2D eigenvalue weighted by Gasteiger charge is 2.29. The molecule has 1 aliphatic heterocycles. The van der Waals surface area contributed by atoms with Gasteiger partial charge in [0.25, 0.3) is 0 Å². The quantitative estimate of drug-likeness (QED) is 0.834. The van der Waals surface area contributed by atoms with Gasteiger partial charge in [-0.1, -0.05) is 27.7 Å². The number of nitrogens with one attached hydrogen (secondary N) is 1. The van der Waals surface area contributed by atoms with Crippen LogP contribution in [0.5, 0.6) is 0 Å². The van der Waals surface area contributed by atoms with Crippen molar-refractivity contribution in [3.05, 3.63) is 17.5 Å². The molecule has 1 aliphatic rings. The summed E-state index contributed by atoms with van der Waals surface area (Å²) in [6, 6.07) is 0. The summed E-state index contributed by atoms with van der Waals surface area (Å²) >= 11 is 2.02. The number of aromatic nitrogens is 2. The number of hydrogen-bond donors (Lipinski definition) is 1. The molecule has 2 unspecified atom stereocenters. The van der Waals surface area contributed by atoms with E-state index in [2.05, 4.69) is 44.3 Å². The van der Waals surface area contributed by atoms with Gasteiger partial charge in [0.05, 0.1) is 11.1 Å². The van der Waals surface area contributed by atoms with E-state index in [0.29, 0.717) is 5.37 Å². The molecule has 0 spiro atoms. The second-order valence-electron chi connectivity index (χ2n) is 5.93. The van der Waals surface area contributed by atoms with Crippen LogP contribution in [0.3, 0.4) is 0 Å². The predicted octanol–water partition coefficient (Wildman–Crippen LogP) is 2.83. The molecule has 0 aliphatic carbocycles. The lowest BCUT2D eigenvalue weighted by Crippen LogP contribution is -2.30. The molecule has 96 valence electrons. The number of nitrogens with zero attached hydrogens (tertiary/aromatic N) is 2. The highest BCUT2D eigenvalue weighted by Crippen LogP contribution is 2.38. The number of rotatable bonds is 1. The minimum Gasteiger partial charge on any atom is -0.301 e. The SMILES string of the molecule is CC1CCNC(c2cn(C)nc2C(C)(C)C)S1. The van der Waals surface area contributed by atoms with E-state index in [1.807, 2.05) is 23.5 Å². The zero-order valence-electron chi connectivity index (χ0n) is 11.4. The van der Waals surface area contributed by atoms with E-state index in [1.165, 1.54) is 17.7 Å². The van der Waals surface area contributed by atoms with Crippen molar-refractivity contribution in [2.75, 3.05) is 6.54 Å². The standard InChI is InChI=1S/C13H23N3S/c1-9-6-7-14-12(17-9)10-8-16(5)15-11(10)13(2,3)4/h8-9,12,14H,6-7H2,1-5H3. The summed E-state index contributed by atoms with van der Waals surface area (Å²) in [5.41, 5.74) is 2.69. The van der Waals surface area contributed by atoms with Crippen LogP contribution in [0.25, 0.3) is 0 Å². The van der Waals surface area contributed by atoms with Crippen LogP contribution in [0.4, 0.5) is 0 Å². The van der Waals surface area contributed by atoms with Gasteiger partial charge < -0.3 is 5.32 Å². The Bertz CT molecular complexity index is 392. The lowest BCUT2D eigenvalue weighted by Gasteiger charge is -2.29. The molecule has 17 heavy (non-hydrogen) atoms. The van der Waals surface area contributed by atoms with Crippen LogP contribution in [0.1, 0.15) is 50.7 Å². The topological polar surface area (TPSA) is 29.9 Å². The summed E-state index contributed by atoms with van der Waals surface area (Å²) in [5, 5.41) is 9.38. The van der Waals surface area contributed by atoms with Crippen molar-refractivity contribution in [3.8, 4) is 0 Å². The van der Waals surface area contributed by atoms with Gasteiger partial charge in [-0.25, -0.2) is 0 Å². The van der Waals surface area contributed by atoms with Crippen LogP contribution in [0.15, 0.2) is 6.20 Å². The molecule has 2 heterocycles. The first-order chi connectivity index (χ1) is 7.88. The van der Waals surface area contributed by atoms with Crippen molar-refractivity contribution in [1.29, 1.82) is 0 Å². The maximum Gasteiger partial charge on any atom is 0.0825 e. The second-order valence-corrected chi connectivity index (χ2v) is 7.47. The van der Waals surface area contributed by atoms with E-state index in [-0.39, 0.29) is 5.41 Å². The van der Waals surface area contributed by atoms with Gasteiger partial charge in [-0.2, -0.15) is 5.10 Å². The number of hydrogen-bond acceptors (Lipinski definition) is 3. The largest absolute Gasteiger partial charge is 0.301 e. The van der Waals surface area contributed by atoms with Gasteiger partial charge in [-0.05, 0) is 13.0 Å². The Balaban J connectivity index is 2.31. The zero-order chi connectivity index (χ0) is 12.6.